The van der Waals surface area contributed by atoms with Gasteiger partial charge in [0.15, 0.2) is 0 Å². The Labute approximate surface area is 91.1 Å². The van der Waals surface area contributed by atoms with E-state index in [9.17, 15) is 13.5 Å². The highest BCUT2D eigenvalue weighted by molar-refractivity contribution is 7.89. The van der Waals surface area contributed by atoms with Gasteiger partial charge in [0.1, 0.15) is 0 Å². The largest absolute Gasteiger partial charge is 0.392 e. The number of nitrogens with two attached hydrogens (primary N) is 1. The Morgan fingerprint density at radius 1 is 1.53 bits per heavy atom. The van der Waals surface area contributed by atoms with Crippen LogP contribution in [0.15, 0.2) is 0 Å². The Morgan fingerprint density at radius 3 is 2.53 bits per heavy atom. The fourth-order valence-electron chi connectivity index (χ4n) is 1.80. The van der Waals surface area contributed by atoms with Gasteiger partial charge in [-0.05, 0) is 19.4 Å². The third-order valence-corrected chi connectivity index (χ3v) is 4.07. The molecule has 0 spiro atoms. The minimum absolute atomic E-state index is 0.00963. The predicted octanol–water partition coefficient (Wildman–Crippen LogP) is -0.586. The van der Waals surface area contributed by atoms with E-state index in [1.165, 1.54) is 0 Å². The second-order valence-electron chi connectivity index (χ2n) is 4.80. The van der Waals surface area contributed by atoms with E-state index < -0.39 is 10.0 Å². The third-order valence-electron chi connectivity index (χ3n) is 3.21. The quantitative estimate of drug-likeness (QED) is 0.557. The fourth-order valence-corrected chi connectivity index (χ4v) is 2.35. The summed E-state index contributed by atoms with van der Waals surface area (Å²) in [4.78, 5) is 0. The fraction of sp³-hybridized carbons (Fsp3) is 1.00. The van der Waals surface area contributed by atoms with E-state index in [0.717, 1.165) is 6.42 Å². The molecule has 1 aliphatic carbocycles. The molecule has 0 aromatic rings. The lowest BCUT2D eigenvalue weighted by Crippen LogP contribution is -2.60. The minimum atomic E-state index is -3.34. The number of sulfonamides is 1. The number of aliphatic hydroxyl groups is 1. The Hall–Kier alpha value is -0.170. The van der Waals surface area contributed by atoms with Crippen molar-refractivity contribution in [3.8, 4) is 0 Å². The molecule has 1 fully saturated rings. The summed E-state index contributed by atoms with van der Waals surface area (Å²) in [6.45, 7) is 4.62. The molecule has 2 unspecified atom stereocenters. The van der Waals surface area contributed by atoms with Crippen LogP contribution in [0.4, 0.5) is 0 Å². The molecule has 0 saturated heterocycles. The van der Waals surface area contributed by atoms with Gasteiger partial charge in [0.05, 0.1) is 11.9 Å². The normalized spacial score (nSPS) is 29.9. The van der Waals surface area contributed by atoms with Gasteiger partial charge < -0.3 is 10.4 Å². The summed E-state index contributed by atoms with van der Waals surface area (Å²) in [5.74, 6) is 0.00963. The summed E-state index contributed by atoms with van der Waals surface area (Å²) in [6, 6.07) is 0.271. The van der Waals surface area contributed by atoms with Crippen molar-refractivity contribution in [1.29, 1.82) is 0 Å². The average Bonchev–Trinajstić information content (AvgIpc) is 2.08. The molecule has 0 aliphatic heterocycles. The predicted molar refractivity (Wildman–Crippen MR) is 58.8 cm³/mol. The first kappa shape index (κ1) is 12.9. The lowest BCUT2D eigenvalue weighted by atomic mass is 9.64. The van der Waals surface area contributed by atoms with Crippen molar-refractivity contribution in [1.82, 2.24) is 5.32 Å². The summed E-state index contributed by atoms with van der Waals surface area (Å²) in [5, 5.41) is 17.6. The maximum absolute atomic E-state index is 10.6. The van der Waals surface area contributed by atoms with Gasteiger partial charge in [-0.25, -0.2) is 13.6 Å². The Balaban J connectivity index is 2.18. The number of hydrogen-bond acceptors (Lipinski definition) is 4. The molecule has 1 aliphatic rings. The van der Waals surface area contributed by atoms with Crippen LogP contribution < -0.4 is 10.5 Å². The van der Waals surface area contributed by atoms with Crippen LogP contribution in [0.5, 0.6) is 0 Å². The molecule has 1 rings (SSSR count). The van der Waals surface area contributed by atoms with Crippen molar-refractivity contribution >= 4 is 10.0 Å². The first-order chi connectivity index (χ1) is 6.73. The van der Waals surface area contributed by atoms with E-state index in [4.69, 9.17) is 5.14 Å². The number of nitrogens with one attached hydrogen (secondary N) is 1. The van der Waals surface area contributed by atoms with Crippen molar-refractivity contribution in [3.05, 3.63) is 0 Å². The molecule has 0 bridgehead atoms. The summed E-state index contributed by atoms with van der Waals surface area (Å²) in [7, 11) is -3.34. The minimum Gasteiger partial charge on any atom is -0.392 e. The first-order valence-corrected chi connectivity index (χ1v) is 6.87. The van der Waals surface area contributed by atoms with Crippen LogP contribution in [0.25, 0.3) is 0 Å². The Bertz CT molecular complexity index is 313. The molecule has 5 nitrogen and oxygen atoms in total. The van der Waals surface area contributed by atoms with Crippen molar-refractivity contribution in [3.63, 3.8) is 0 Å². The first-order valence-electron chi connectivity index (χ1n) is 5.15. The summed E-state index contributed by atoms with van der Waals surface area (Å²) in [5.41, 5.74) is -0.110. The molecule has 90 valence electrons. The highest BCUT2D eigenvalue weighted by Crippen LogP contribution is 2.40. The van der Waals surface area contributed by atoms with Gasteiger partial charge in [-0.3, -0.25) is 0 Å². The van der Waals surface area contributed by atoms with E-state index >= 15 is 0 Å². The van der Waals surface area contributed by atoms with Crippen molar-refractivity contribution < 1.29 is 13.5 Å². The number of aliphatic hydroxyl groups excluding tert-OH is 1. The number of rotatable bonds is 5. The van der Waals surface area contributed by atoms with Crippen LogP contribution in [-0.4, -0.2) is 38.0 Å². The highest BCUT2D eigenvalue weighted by Gasteiger charge is 2.46. The van der Waals surface area contributed by atoms with Crippen molar-refractivity contribution in [2.45, 2.75) is 38.8 Å². The molecule has 1 saturated carbocycles. The molecule has 15 heavy (non-hydrogen) atoms. The maximum Gasteiger partial charge on any atom is 0.209 e. The molecule has 6 heteroatoms. The molecule has 0 amide bonds. The second-order valence-corrected chi connectivity index (χ2v) is 6.53. The van der Waals surface area contributed by atoms with Gasteiger partial charge in [0.25, 0.3) is 0 Å². The third kappa shape index (κ3) is 3.41. The summed E-state index contributed by atoms with van der Waals surface area (Å²) < 4.78 is 21.3. The van der Waals surface area contributed by atoms with E-state index in [1.54, 1.807) is 0 Å². The molecule has 0 heterocycles. The van der Waals surface area contributed by atoms with Gasteiger partial charge >= 0.3 is 0 Å². The van der Waals surface area contributed by atoms with Crippen LogP contribution in [-0.2, 0) is 10.0 Å². The monoisotopic (exact) mass is 236 g/mol. The standard InChI is InChI=1S/C9H20N2O3S/c1-9(2)7(6-8(9)12)11-4-3-5-15(10,13)14/h7-8,11-12H,3-6H2,1-2H3,(H2,10,13,14). The van der Waals surface area contributed by atoms with Crippen LogP contribution in [0.3, 0.4) is 0 Å². The average molecular weight is 236 g/mol. The Kier molecular flexibility index (Phi) is 3.76. The van der Waals surface area contributed by atoms with Gasteiger partial charge in [-0.2, -0.15) is 0 Å². The maximum atomic E-state index is 10.6. The zero-order chi connectivity index (χ0) is 11.7. The van der Waals surface area contributed by atoms with Crippen LogP contribution in [0, 0.1) is 5.41 Å². The van der Waals surface area contributed by atoms with Gasteiger partial charge in [0, 0.05) is 11.5 Å². The SMILES string of the molecule is CC1(C)C(O)CC1NCCCS(N)(=O)=O. The highest BCUT2D eigenvalue weighted by atomic mass is 32.2. The molecule has 0 aromatic heterocycles. The van der Waals surface area contributed by atoms with E-state index in [-0.39, 0.29) is 23.3 Å². The lowest BCUT2D eigenvalue weighted by molar-refractivity contribution is -0.0721. The molecular weight excluding hydrogens is 216 g/mol. The second kappa shape index (κ2) is 4.37. The molecule has 2 atom stereocenters. The van der Waals surface area contributed by atoms with Crippen molar-refractivity contribution in [2.24, 2.45) is 10.6 Å². The smallest absolute Gasteiger partial charge is 0.209 e. The van der Waals surface area contributed by atoms with Gasteiger partial charge in [-0.15, -0.1) is 0 Å². The number of primary sulfonamides is 1. The van der Waals surface area contributed by atoms with Crippen LogP contribution >= 0.6 is 0 Å². The van der Waals surface area contributed by atoms with Crippen LogP contribution in [0.2, 0.25) is 0 Å². The van der Waals surface area contributed by atoms with Crippen LogP contribution in [0.1, 0.15) is 26.7 Å². The molecule has 0 aromatic carbocycles. The Morgan fingerprint density at radius 2 is 2.13 bits per heavy atom. The van der Waals surface area contributed by atoms with E-state index in [0.29, 0.717) is 13.0 Å². The zero-order valence-electron chi connectivity index (χ0n) is 9.23. The topological polar surface area (TPSA) is 92.4 Å². The summed E-state index contributed by atoms with van der Waals surface area (Å²) >= 11 is 0. The molecule has 0 radical (unpaired) electrons. The van der Waals surface area contributed by atoms with Gasteiger partial charge in [-0.1, -0.05) is 13.8 Å². The van der Waals surface area contributed by atoms with E-state index in [2.05, 4.69) is 5.32 Å². The van der Waals surface area contributed by atoms with Gasteiger partial charge in [0.2, 0.25) is 10.0 Å². The number of hydrogen-bond donors (Lipinski definition) is 3. The molecular formula is C9H20N2O3S. The lowest BCUT2D eigenvalue weighted by Gasteiger charge is -2.49. The summed E-state index contributed by atoms with van der Waals surface area (Å²) in [6.07, 6.45) is 0.998. The zero-order valence-corrected chi connectivity index (χ0v) is 10.0. The van der Waals surface area contributed by atoms with E-state index in [1.807, 2.05) is 13.8 Å². The molecule has 4 N–H and O–H groups in total. The van der Waals surface area contributed by atoms with Crippen molar-refractivity contribution in [2.75, 3.05) is 12.3 Å².